The van der Waals surface area contributed by atoms with Gasteiger partial charge in [-0.05, 0) is 19.8 Å². The SMILES string of the molecule is CC(=O)CC(=O)C1(CI)CC1. The van der Waals surface area contributed by atoms with Crippen LogP contribution in [0, 0.1) is 5.41 Å². The first-order valence-corrected chi connectivity index (χ1v) is 5.22. The van der Waals surface area contributed by atoms with Gasteiger partial charge in [-0.25, -0.2) is 0 Å². The summed E-state index contributed by atoms with van der Waals surface area (Å²) < 4.78 is 0.872. The van der Waals surface area contributed by atoms with E-state index in [0.29, 0.717) is 0 Å². The van der Waals surface area contributed by atoms with Crippen LogP contribution in [0.5, 0.6) is 0 Å². The standard InChI is InChI=1S/C8H11IO2/c1-6(10)4-7(11)8(5-9)2-3-8/h2-5H2,1H3. The van der Waals surface area contributed by atoms with Crippen molar-refractivity contribution in [2.45, 2.75) is 26.2 Å². The number of rotatable bonds is 4. The number of carbonyl (C=O) groups excluding carboxylic acids is 2. The van der Waals surface area contributed by atoms with E-state index >= 15 is 0 Å². The Morgan fingerprint density at radius 3 is 2.27 bits per heavy atom. The first-order valence-electron chi connectivity index (χ1n) is 3.69. The van der Waals surface area contributed by atoms with Gasteiger partial charge in [-0.3, -0.25) is 9.59 Å². The van der Waals surface area contributed by atoms with Gasteiger partial charge in [0.25, 0.3) is 0 Å². The molecule has 62 valence electrons. The van der Waals surface area contributed by atoms with E-state index in [-0.39, 0.29) is 23.4 Å². The number of carbonyl (C=O) groups is 2. The molecule has 0 spiro atoms. The van der Waals surface area contributed by atoms with Crippen molar-refractivity contribution in [2.75, 3.05) is 4.43 Å². The fourth-order valence-corrected chi connectivity index (χ4v) is 2.24. The van der Waals surface area contributed by atoms with E-state index in [2.05, 4.69) is 22.6 Å². The summed E-state index contributed by atoms with van der Waals surface area (Å²) in [4.78, 5) is 22.0. The van der Waals surface area contributed by atoms with Crippen LogP contribution >= 0.6 is 22.6 Å². The lowest BCUT2D eigenvalue weighted by Gasteiger charge is -2.07. The van der Waals surface area contributed by atoms with Crippen LogP contribution in [0.25, 0.3) is 0 Å². The van der Waals surface area contributed by atoms with E-state index in [9.17, 15) is 9.59 Å². The van der Waals surface area contributed by atoms with Crippen molar-refractivity contribution >= 4 is 34.2 Å². The second-order valence-electron chi connectivity index (χ2n) is 3.22. The average molecular weight is 266 g/mol. The van der Waals surface area contributed by atoms with Crippen molar-refractivity contribution in [1.29, 1.82) is 0 Å². The molecule has 1 aliphatic rings. The molecular formula is C8H11IO2. The highest BCUT2D eigenvalue weighted by molar-refractivity contribution is 14.1. The van der Waals surface area contributed by atoms with Gasteiger partial charge in [-0.1, -0.05) is 22.6 Å². The first-order chi connectivity index (χ1) is 5.10. The highest BCUT2D eigenvalue weighted by Crippen LogP contribution is 2.48. The van der Waals surface area contributed by atoms with Crippen molar-refractivity contribution in [1.82, 2.24) is 0 Å². The third-order valence-corrected chi connectivity index (χ3v) is 3.57. The van der Waals surface area contributed by atoms with Crippen LogP contribution in [0.1, 0.15) is 26.2 Å². The smallest absolute Gasteiger partial charge is 0.147 e. The number of hydrogen-bond acceptors (Lipinski definition) is 2. The summed E-state index contributed by atoms with van der Waals surface area (Å²) in [5.41, 5.74) is -0.0910. The number of ketones is 2. The van der Waals surface area contributed by atoms with E-state index < -0.39 is 0 Å². The maximum atomic E-state index is 11.3. The molecule has 0 aromatic rings. The minimum absolute atomic E-state index is 0.00822. The molecule has 1 rings (SSSR count). The first kappa shape index (κ1) is 9.16. The van der Waals surface area contributed by atoms with E-state index in [1.54, 1.807) is 0 Å². The molecule has 11 heavy (non-hydrogen) atoms. The third-order valence-electron chi connectivity index (χ3n) is 2.11. The minimum Gasteiger partial charge on any atom is -0.300 e. The van der Waals surface area contributed by atoms with Gasteiger partial charge in [0.15, 0.2) is 0 Å². The van der Waals surface area contributed by atoms with Crippen molar-refractivity contribution in [3.8, 4) is 0 Å². The Hall–Kier alpha value is 0.0700. The molecule has 0 bridgehead atoms. The van der Waals surface area contributed by atoms with Gasteiger partial charge in [0.2, 0.25) is 0 Å². The van der Waals surface area contributed by atoms with Crippen LogP contribution in [0.3, 0.4) is 0 Å². The van der Waals surface area contributed by atoms with Gasteiger partial charge in [0.1, 0.15) is 11.6 Å². The van der Waals surface area contributed by atoms with E-state index in [1.165, 1.54) is 6.92 Å². The number of hydrogen-bond donors (Lipinski definition) is 0. The van der Waals surface area contributed by atoms with Crippen LogP contribution < -0.4 is 0 Å². The molecule has 0 aliphatic heterocycles. The fourth-order valence-electron chi connectivity index (χ4n) is 1.05. The lowest BCUT2D eigenvalue weighted by molar-refractivity contribution is -0.128. The quantitative estimate of drug-likeness (QED) is 0.441. The zero-order valence-corrected chi connectivity index (χ0v) is 8.68. The summed E-state index contributed by atoms with van der Waals surface area (Å²) >= 11 is 2.22. The monoisotopic (exact) mass is 266 g/mol. The van der Waals surface area contributed by atoms with Crippen molar-refractivity contribution in [3.05, 3.63) is 0 Å². The zero-order valence-electron chi connectivity index (χ0n) is 6.52. The second-order valence-corrected chi connectivity index (χ2v) is 3.98. The summed E-state index contributed by atoms with van der Waals surface area (Å²) in [6.07, 6.45) is 2.12. The average Bonchev–Trinajstić information content (AvgIpc) is 2.65. The molecule has 1 saturated carbocycles. The molecule has 0 amide bonds. The molecule has 2 nitrogen and oxygen atoms in total. The van der Waals surface area contributed by atoms with E-state index in [0.717, 1.165) is 17.3 Å². The number of halogens is 1. The predicted molar refractivity (Wildman–Crippen MR) is 50.9 cm³/mol. The Morgan fingerprint density at radius 2 is 2.00 bits per heavy atom. The summed E-state index contributed by atoms with van der Waals surface area (Å²) in [5.74, 6) is 0.144. The van der Waals surface area contributed by atoms with Crippen molar-refractivity contribution in [2.24, 2.45) is 5.41 Å². The number of alkyl halides is 1. The van der Waals surface area contributed by atoms with Crippen LogP contribution in [-0.2, 0) is 9.59 Å². The third kappa shape index (κ3) is 2.01. The topological polar surface area (TPSA) is 34.1 Å². The van der Waals surface area contributed by atoms with Crippen LogP contribution in [0.4, 0.5) is 0 Å². The molecule has 0 atom stereocenters. The summed E-state index contributed by atoms with van der Waals surface area (Å²) in [6, 6.07) is 0. The van der Waals surface area contributed by atoms with Crippen LogP contribution in [0.2, 0.25) is 0 Å². The second kappa shape index (κ2) is 3.21. The molecule has 0 unspecified atom stereocenters. The summed E-state index contributed by atoms with van der Waals surface area (Å²) in [5, 5.41) is 0. The molecule has 0 N–H and O–H groups in total. The molecule has 0 heterocycles. The summed E-state index contributed by atoms with van der Waals surface area (Å²) in [7, 11) is 0. The normalized spacial score (nSPS) is 19.5. The molecule has 1 fully saturated rings. The van der Waals surface area contributed by atoms with Crippen LogP contribution in [0.15, 0.2) is 0 Å². The lowest BCUT2D eigenvalue weighted by atomic mass is 10.00. The van der Waals surface area contributed by atoms with E-state index in [1.807, 2.05) is 0 Å². The molecular weight excluding hydrogens is 255 g/mol. The Morgan fingerprint density at radius 1 is 1.45 bits per heavy atom. The zero-order chi connectivity index (χ0) is 8.48. The molecule has 0 aromatic heterocycles. The van der Waals surface area contributed by atoms with Crippen molar-refractivity contribution in [3.63, 3.8) is 0 Å². The highest BCUT2D eigenvalue weighted by atomic mass is 127. The van der Waals surface area contributed by atoms with Crippen LogP contribution in [-0.4, -0.2) is 16.0 Å². The maximum Gasteiger partial charge on any atom is 0.147 e. The van der Waals surface area contributed by atoms with Crippen molar-refractivity contribution < 1.29 is 9.59 Å². The fraction of sp³-hybridized carbons (Fsp3) is 0.750. The Kier molecular flexibility index (Phi) is 2.67. The molecule has 3 heteroatoms. The molecule has 0 radical (unpaired) electrons. The molecule has 1 aliphatic carbocycles. The van der Waals surface area contributed by atoms with Gasteiger partial charge in [-0.2, -0.15) is 0 Å². The summed E-state index contributed by atoms with van der Waals surface area (Å²) in [6.45, 7) is 1.47. The predicted octanol–water partition coefficient (Wildman–Crippen LogP) is 1.75. The van der Waals surface area contributed by atoms with E-state index in [4.69, 9.17) is 0 Å². The Bertz CT molecular complexity index is 194. The molecule has 0 aromatic carbocycles. The largest absolute Gasteiger partial charge is 0.300 e. The lowest BCUT2D eigenvalue weighted by Crippen LogP contribution is -2.19. The minimum atomic E-state index is -0.0910. The van der Waals surface area contributed by atoms with Gasteiger partial charge >= 0.3 is 0 Å². The maximum absolute atomic E-state index is 11.3. The number of Topliss-reactive ketones (excluding diaryl/α,β-unsaturated/α-hetero) is 2. The Labute approximate surface area is 79.9 Å². The highest BCUT2D eigenvalue weighted by Gasteiger charge is 2.48. The van der Waals surface area contributed by atoms with Gasteiger partial charge in [-0.15, -0.1) is 0 Å². The van der Waals surface area contributed by atoms with Gasteiger partial charge in [0.05, 0.1) is 6.42 Å². The molecule has 0 saturated heterocycles. The van der Waals surface area contributed by atoms with Gasteiger partial charge < -0.3 is 0 Å². The Balaban J connectivity index is 2.48. The van der Waals surface area contributed by atoms with Gasteiger partial charge in [0, 0.05) is 9.84 Å².